The van der Waals surface area contributed by atoms with Crippen LogP contribution in [-0.2, 0) is 14.3 Å². The number of pyridine rings is 1. The Labute approximate surface area is 219 Å². The van der Waals surface area contributed by atoms with Gasteiger partial charge < -0.3 is 15.2 Å². The molecule has 0 unspecified atom stereocenters. The van der Waals surface area contributed by atoms with Gasteiger partial charge in [-0.05, 0) is 30.7 Å². The lowest BCUT2D eigenvalue weighted by atomic mass is 9.88. The first-order chi connectivity index (χ1) is 18.3. The first-order valence-electron chi connectivity index (χ1n) is 12.0. The summed E-state index contributed by atoms with van der Waals surface area (Å²) in [4.78, 5) is 59.6. The largest absolute Gasteiger partial charge is 0.480 e. The van der Waals surface area contributed by atoms with Crippen LogP contribution in [0.15, 0.2) is 84.0 Å². The Kier molecular flexibility index (Phi) is 8.22. The average Bonchev–Trinajstić information content (AvgIpc) is 3.37. The van der Waals surface area contributed by atoms with Crippen LogP contribution in [0, 0.1) is 0 Å². The van der Waals surface area contributed by atoms with Gasteiger partial charge in [-0.1, -0.05) is 54.6 Å². The summed E-state index contributed by atoms with van der Waals surface area (Å²) in [5.74, 6) is -3.06. The number of carbonyl (C=O) groups excluding carboxylic acids is 3. The number of benzene rings is 2. The predicted octanol–water partition coefficient (Wildman–Crippen LogP) is 3.75. The minimum atomic E-state index is -1.35. The molecule has 0 bridgehead atoms. The monoisotopic (exact) mass is 514 g/mol. The summed E-state index contributed by atoms with van der Waals surface area (Å²) >= 11 is 0. The summed E-state index contributed by atoms with van der Waals surface area (Å²) in [5, 5.41) is 13.0. The van der Waals surface area contributed by atoms with E-state index in [1.54, 1.807) is 79.7 Å². The number of ether oxygens (including phenoxy) is 1. The molecule has 2 N–H and O–H groups in total. The zero-order chi connectivity index (χ0) is 27.1. The third-order valence-electron chi connectivity index (χ3n) is 6.11. The molecular formula is C28H26N4O6. The van der Waals surface area contributed by atoms with Gasteiger partial charge in [0.1, 0.15) is 12.3 Å². The summed E-state index contributed by atoms with van der Waals surface area (Å²) in [7, 11) is 0. The van der Waals surface area contributed by atoms with E-state index in [1.165, 1.54) is 6.20 Å². The van der Waals surface area contributed by atoms with E-state index in [0.29, 0.717) is 22.5 Å². The standard InChI is InChI=1S/C28H26N4O6/c1-18(20-11-5-6-12-22(20)31-26(34)23-13-7-8-14-29-23)30-25(27(35)36)21(19-9-3-2-4-10-19)17-24(33)32-15-16-38-28(32)37/h2-14,21,25H,15-17H2,1H3,(H,31,34)(H,35,36)/t21-,25+/m1/s1. The number of aromatic nitrogens is 1. The van der Waals surface area contributed by atoms with E-state index in [0.717, 1.165) is 4.90 Å². The van der Waals surface area contributed by atoms with Crippen molar-refractivity contribution in [3.05, 3.63) is 95.8 Å². The lowest BCUT2D eigenvalue weighted by Crippen LogP contribution is -2.36. The second-order valence-electron chi connectivity index (χ2n) is 8.59. The predicted molar refractivity (Wildman–Crippen MR) is 139 cm³/mol. The number of rotatable bonds is 9. The van der Waals surface area contributed by atoms with Crippen LogP contribution in [0.3, 0.4) is 0 Å². The molecule has 3 amide bonds. The van der Waals surface area contributed by atoms with Gasteiger partial charge in [-0.15, -0.1) is 0 Å². The van der Waals surface area contributed by atoms with E-state index < -0.39 is 35.8 Å². The number of aliphatic carboxylic acids is 1. The van der Waals surface area contributed by atoms with Gasteiger partial charge >= 0.3 is 12.1 Å². The molecule has 2 aromatic carbocycles. The number of carboxylic acid groups (broad SMARTS) is 1. The van der Waals surface area contributed by atoms with Crippen LogP contribution in [0.25, 0.3) is 0 Å². The number of carboxylic acids is 1. The van der Waals surface area contributed by atoms with Crippen molar-refractivity contribution in [2.24, 2.45) is 4.99 Å². The number of nitrogens with zero attached hydrogens (tertiary/aromatic N) is 3. The molecule has 0 aliphatic carbocycles. The molecule has 0 radical (unpaired) electrons. The van der Waals surface area contributed by atoms with Crippen molar-refractivity contribution in [2.45, 2.75) is 25.3 Å². The Morgan fingerprint density at radius 1 is 1.05 bits per heavy atom. The highest BCUT2D eigenvalue weighted by atomic mass is 16.6. The number of nitrogens with one attached hydrogen (secondary N) is 1. The number of hydrogen-bond donors (Lipinski definition) is 2. The van der Waals surface area contributed by atoms with Crippen LogP contribution in [0.4, 0.5) is 10.5 Å². The summed E-state index contributed by atoms with van der Waals surface area (Å²) in [6, 6.07) is 19.2. The van der Waals surface area contributed by atoms with Crippen molar-refractivity contribution < 1.29 is 29.0 Å². The van der Waals surface area contributed by atoms with E-state index in [2.05, 4.69) is 15.3 Å². The number of hydrogen-bond acceptors (Lipinski definition) is 7. The highest BCUT2D eigenvalue weighted by Gasteiger charge is 2.36. The molecule has 1 aliphatic heterocycles. The first-order valence-corrected chi connectivity index (χ1v) is 12.0. The van der Waals surface area contributed by atoms with Crippen LogP contribution in [-0.4, -0.2) is 63.8 Å². The third-order valence-corrected chi connectivity index (χ3v) is 6.11. The zero-order valence-corrected chi connectivity index (χ0v) is 20.6. The van der Waals surface area contributed by atoms with Crippen LogP contribution in [0.5, 0.6) is 0 Å². The Morgan fingerprint density at radius 3 is 2.42 bits per heavy atom. The summed E-state index contributed by atoms with van der Waals surface area (Å²) in [5.41, 5.74) is 2.12. The first kappa shape index (κ1) is 26.2. The maximum absolute atomic E-state index is 13.0. The topological polar surface area (TPSA) is 138 Å². The molecule has 2 atom stereocenters. The second-order valence-corrected chi connectivity index (χ2v) is 8.59. The van der Waals surface area contributed by atoms with E-state index in [-0.39, 0.29) is 25.3 Å². The molecule has 194 valence electrons. The number of cyclic esters (lactones) is 1. The maximum Gasteiger partial charge on any atom is 0.416 e. The Hall–Kier alpha value is -4.86. The van der Waals surface area contributed by atoms with Gasteiger partial charge in [0.15, 0.2) is 6.04 Å². The lowest BCUT2D eigenvalue weighted by molar-refractivity contribution is -0.139. The quantitative estimate of drug-likeness (QED) is 0.415. The molecule has 1 aliphatic rings. The van der Waals surface area contributed by atoms with Gasteiger partial charge in [-0.3, -0.25) is 19.6 Å². The normalized spacial score (nSPS) is 14.9. The van der Waals surface area contributed by atoms with E-state index in [1.807, 2.05) is 0 Å². The Morgan fingerprint density at radius 2 is 1.76 bits per heavy atom. The van der Waals surface area contributed by atoms with Crippen molar-refractivity contribution in [3.63, 3.8) is 0 Å². The summed E-state index contributed by atoms with van der Waals surface area (Å²) < 4.78 is 4.86. The number of imide groups is 1. The second kappa shape index (κ2) is 11.9. The van der Waals surface area contributed by atoms with Gasteiger partial charge in [-0.25, -0.2) is 14.5 Å². The van der Waals surface area contributed by atoms with Gasteiger partial charge in [0.2, 0.25) is 5.91 Å². The molecule has 3 aromatic rings. The fraction of sp³-hybridized carbons (Fsp3) is 0.214. The SMILES string of the molecule is CC(=N[C@H](C(=O)O)[C@H](CC(=O)N1CCOC1=O)c1ccccc1)c1ccccc1NC(=O)c1ccccn1. The highest BCUT2D eigenvalue weighted by molar-refractivity contribution is 6.10. The fourth-order valence-corrected chi connectivity index (χ4v) is 4.22. The van der Waals surface area contributed by atoms with Crippen molar-refractivity contribution in [1.29, 1.82) is 0 Å². The van der Waals surface area contributed by atoms with Crippen molar-refractivity contribution in [3.8, 4) is 0 Å². The molecule has 38 heavy (non-hydrogen) atoms. The number of carbonyl (C=O) groups is 4. The van der Waals surface area contributed by atoms with Crippen molar-refractivity contribution in [2.75, 3.05) is 18.5 Å². The minimum Gasteiger partial charge on any atom is -0.480 e. The third kappa shape index (κ3) is 6.09. The number of amides is 3. The molecule has 10 heteroatoms. The van der Waals surface area contributed by atoms with Gasteiger partial charge in [-0.2, -0.15) is 0 Å². The van der Waals surface area contributed by atoms with E-state index in [4.69, 9.17) is 4.74 Å². The smallest absolute Gasteiger partial charge is 0.416 e. The molecule has 0 spiro atoms. The van der Waals surface area contributed by atoms with Crippen LogP contribution in [0.1, 0.15) is 40.9 Å². The lowest BCUT2D eigenvalue weighted by Gasteiger charge is -2.23. The minimum absolute atomic E-state index is 0.0984. The van der Waals surface area contributed by atoms with Gasteiger partial charge in [0, 0.05) is 29.8 Å². The molecule has 2 heterocycles. The molecule has 4 rings (SSSR count). The fourth-order valence-electron chi connectivity index (χ4n) is 4.22. The average molecular weight is 515 g/mol. The van der Waals surface area contributed by atoms with Crippen molar-refractivity contribution in [1.82, 2.24) is 9.88 Å². The summed E-state index contributed by atoms with van der Waals surface area (Å²) in [6.07, 6.45) is 0.508. The molecule has 0 saturated carbocycles. The Bertz CT molecular complexity index is 1360. The molecule has 1 aromatic heterocycles. The van der Waals surface area contributed by atoms with Crippen molar-refractivity contribution >= 4 is 35.3 Å². The molecule has 1 fully saturated rings. The van der Waals surface area contributed by atoms with Gasteiger partial charge in [0.25, 0.3) is 5.91 Å². The zero-order valence-electron chi connectivity index (χ0n) is 20.6. The van der Waals surface area contributed by atoms with Gasteiger partial charge in [0.05, 0.1) is 12.2 Å². The molecule has 10 nitrogen and oxygen atoms in total. The number of aliphatic imine (C=N–C) groups is 1. The number of para-hydroxylation sites is 1. The number of anilines is 1. The van der Waals surface area contributed by atoms with Crippen LogP contribution >= 0.6 is 0 Å². The molecular weight excluding hydrogens is 488 g/mol. The Balaban J connectivity index is 1.66. The van der Waals surface area contributed by atoms with Crippen LogP contribution in [0.2, 0.25) is 0 Å². The van der Waals surface area contributed by atoms with E-state index >= 15 is 0 Å². The summed E-state index contributed by atoms with van der Waals surface area (Å²) in [6.45, 7) is 1.85. The highest BCUT2D eigenvalue weighted by Crippen LogP contribution is 2.29. The molecule has 1 saturated heterocycles. The maximum atomic E-state index is 13.0. The van der Waals surface area contributed by atoms with Crippen LogP contribution < -0.4 is 5.32 Å². The van der Waals surface area contributed by atoms with E-state index in [9.17, 15) is 24.3 Å².